The molecule has 0 spiro atoms. The number of carbonyl (C=O) groups is 2. The minimum absolute atomic E-state index is 0.220. The molecule has 6 nitrogen and oxygen atoms in total. The zero-order chi connectivity index (χ0) is 31.1. The van der Waals surface area contributed by atoms with Crippen LogP contribution in [0.2, 0.25) is 0 Å². The number of benzene rings is 8. The first-order valence-corrected chi connectivity index (χ1v) is 15.7. The van der Waals surface area contributed by atoms with Crippen molar-refractivity contribution in [1.82, 2.24) is 0 Å². The van der Waals surface area contributed by atoms with Crippen LogP contribution in [0.15, 0.2) is 109 Å². The van der Waals surface area contributed by atoms with E-state index in [1.807, 2.05) is 60.7 Å². The molecule has 0 heterocycles. The molecular formula is C40H30N2O4. The molecule has 0 aliphatic heterocycles. The summed E-state index contributed by atoms with van der Waals surface area (Å²) in [5.74, 6) is -0.906. The number of esters is 2. The minimum Gasteiger partial charge on any atom is -0.457 e. The maximum Gasteiger partial charge on any atom is 0.339 e. The van der Waals surface area contributed by atoms with Crippen molar-refractivity contribution in [2.24, 2.45) is 11.5 Å². The Morgan fingerprint density at radius 1 is 0.457 bits per heavy atom. The Kier molecular flexibility index (Phi) is 5.94. The Hall–Kier alpha value is -5.30. The molecule has 4 atom stereocenters. The minimum atomic E-state index is -0.662. The van der Waals surface area contributed by atoms with Gasteiger partial charge in [-0.1, -0.05) is 97.1 Å². The Labute approximate surface area is 264 Å². The van der Waals surface area contributed by atoms with E-state index in [1.165, 1.54) is 0 Å². The fourth-order valence-corrected chi connectivity index (χ4v) is 7.70. The molecule has 1 saturated carbocycles. The van der Waals surface area contributed by atoms with Gasteiger partial charge in [-0.3, -0.25) is 0 Å². The van der Waals surface area contributed by atoms with Gasteiger partial charge in [0, 0.05) is 18.5 Å². The second kappa shape index (κ2) is 10.1. The summed E-state index contributed by atoms with van der Waals surface area (Å²) in [6, 6.07) is 35.4. The molecule has 9 rings (SSSR count). The topological polar surface area (TPSA) is 105 Å². The molecule has 0 amide bonds. The van der Waals surface area contributed by atoms with Crippen molar-refractivity contribution in [3.8, 4) is 0 Å². The Bertz CT molecular complexity index is 2280. The van der Waals surface area contributed by atoms with Crippen LogP contribution in [0.1, 0.15) is 33.6 Å². The highest BCUT2D eigenvalue weighted by atomic mass is 16.6. The maximum atomic E-state index is 13.7. The lowest BCUT2D eigenvalue weighted by Gasteiger charge is -2.37. The molecule has 224 valence electrons. The molecule has 0 saturated heterocycles. The molecule has 1 fully saturated rings. The largest absolute Gasteiger partial charge is 0.457 e. The predicted octanol–water partition coefficient (Wildman–Crippen LogP) is 7.68. The standard InChI is InChI=1S/C40H30N2O4/c41-31-19-32(42)34(46-40(44)30-18-14-26-10-8-22-4-2-6-24-12-16-28(30)38(26)36(22)24)20-33(31)45-39(43)29-17-13-25-9-7-21-3-1-5-23-11-15-27(29)37(25)35(21)23/h1-18,31-34H,19-20,41-42H2/t31-,32+,33-,34+. The van der Waals surface area contributed by atoms with Crippen LogP contribution in [-0.2, 0) is 9.47 Å². The summed E-state index contributed by atoms with van der Waals surface area (Å²) in [7, 11) is 0. The lowest BCUT2D eigenvalue weighted by Crippen LogP contribution is -2.55. The Balaban J connectivity index is 1.00. The van der Waals surface area contributed by atoms with Crippen LogP contribution < -0.4 is 11.5 Å². The van der Waals surface area contributed by atoms with E-state index in [9.17, 15) is 9.59 Å². The third kappa shape index (κ3) is 4.04. The molecule has 4 N–H and O–H groups in total. The molecule has 1 aliphatic rings. The van der Waals surface area contributed by atoms with Crippen LogP contribution in [0.25, 0.3) is 64.6 Å². The monoisotopic (exact) mass is 602 g/mol. The number of hydrogen-bond acceptors (Lipinski definition) is 6. The molecule has 8 aromatic carbocycles. The first kappa shape index (κ1) is 27.0. The van der Waals surface area contributed by atoms with Gasteiger partial charge in [-0.25, -0.2) is 9.59 Å². The second-order valence-electron chi connectivity index (χ2n) is 12.6. The van der Waals surface area contributed by atoms with Crippen molar-refractivity contribution in [2.75, 3.05) is 0 Å². The number of carbonyl (C=O) groups excluding carboxylic acids is 2. The third-order valence-electron chi connectivity index (χ3n) is 9.98. The van der Waals surface area contributed by atoms with Gasteiger partial charge < -0.3 is 20.9 Å². The van der Waals surface area contributed by atoms with E-state index >= 15 is 0 Å². The van der Waals surface area contributed by atoms with Crippen molar-refractivity contribution in [2.45, 2.75) is 37.1 Å². The van der Waals surface area contributed by atoms with E-state index in [4.69, 9.17) is 20.9 Å². The van der Waals surface area contributed by atoms with E-state index < -0.39 is 36.2 Å². The number of hydrogen-bond donors (Lipinski definition) is 2. The van der Waals surface area contributed by atoms with Crippen molar-refractivity contribution in [3.63, 3.8) is 0 Å². The van der Waals surface area contributed by atoms with Crippen LogP contribution in [-0.4, -0.2) is 36.2 Å². The Morgan fingerprint density at radius 2 is 0.804 bits per heavy atom. The predicted molar refractivity (Wildman–Crippen MR) is 184 cm³/mol. The van der Waals surface area contributed by atoms with Crippen molar-refractivity contribution in [3.05, 3.63) is 120 Å². The normalized spacial score (nSPS) is 20.4. The van der Waals surface area contributed by atoms with Crippen molar-refractivity contribution >= 4 is 76.6 Å². The van der Waals surface area contributed by atoms with E-state index in [2.05, 4.69) is 48.5 Å². The van der Waals surface area contributed by atoms with Crippen LogP contribution >= 0.6 is 0 Å². The average Bonchev–Trinajstić information content (AvgIpc) is 3.08. The molecule has 0 aromatic heterocycles. The zero-order valence-corrected chi connectivity index (χ0v) is 24.9. The number of rotatable bonds is 4. The lowest BCUT2D eigenvalue weighted by atomic mass is 9.86. The zero-order valence-electron chi connectivity index (χ0n) is 24.9. The summed E-state index contributed by atoms with van der Waals surface area (Å²) in [6.07, 6.45) is -0.750. The summed E-state index contributed by atoms with van der Waals surface area (Å²) in [5, 5.41) is 12.6. The van der Waals surface area contributed by atoms with Crippen molar-refractivity contribution < 1.29 is 19.1 Å². The average molecular weight is 603 g/mol. The smallest absolute Gasteiger partial charge is 0.339 e. The fraction of sp³-hybridized carbons (Fsp3) is 0.150. The molecule has 1 aliphatic carbocycles. The highest BCUT2D eigenvalue weighted by molar-refractivity contribution is 6.27. The van der Waals surface area contributed by atoms with E-state index in [0.717, 1.165) is 64.6 Å². The third-order valence-corrected chi connectivity index (χ3v) is 9.98. The van der Waals surface area contributed by atoms with Gasteiger partial charge in [0.25, 0.3) is 0 Å². The summed E-state index contributed by atoms with van der Waals surface area (Å²) in [6.45, 7) is 0. The first-order valence-electron chi connectivity index (χ1n) is 15.7. The highest BCUT2D eigenvalue weighted by Crippen LogP contribution is 2.38. The van der Waals surface area contributed by atoms with E-state index in [1.54, 1.807) is 0 Å². The summed E-state index contributed by atoms with van der Waals surface area (Å²) >= 11 is 0. The maximum absolute atomic E-state index is 13.7. The van der Waals surface area contributed by atoms with Gasteiger partial charge >= 0.3 is 11.9 Å². The van der Waals surface area contributed by atoms with Crippen LogP contribution in [0.3, 0.4) is 0 Å². The molecule has 46 heavy (non-hydrogen) atoms. The SMILES string of the molecule is N[C@@H]1C[C@H](N)[C@@H](OC(=O)c2ccc3ccc4cccc5ccc2c3c45)C[C@H]1OC(=O)c1ccc2ccc3cccc4ccc1c2c34. The van der Waals surface area contributed by atoms with E-state index in [0.29, 0.717) is 17.5 Å². The van der Waals surface area contributed by atoms with Gasteiger partial charge in [0.2, 0.25) is 0 Å². The summed E-state index contributed by atoms with van der Waals surface area (Å²) < 4.78 is 12.2. The first-order chi connectivity index (χ1) is 22.4. The fourth-order valence-electron chi connectivity index (χ4n) is 7.70. The van der Waals surface area contributed by atoms with Crippen LogP contribution in [0.5, 0.6) is 0 Å². The van der Waals surface area contributed by atoms with Gasteiger partial charge in [0.05, 0.1) is 11.1 Å². The van der Waals surface area contributed by atoms with Gasteiger partial charge in [-0.05, 0) is 83.2 Å². The van der Waals surface area contributed by atoms with Gasteiger partial charge in [-0.15, -0.1) is 0 Å². The van der Waals surface area contributed by atoms with Crippen LogP contribution in [0, 0.1) is 0 Å². The van der Waals surface area contributed by atoms with Gasteiger partial charge in [0.15, 0.2) is 0 Å². The molecule has 0 unspecified atom stereocenters. The second-order valence-corrected chi connectivity index (χ2v) is 12.6. The highest BCUT2D eigenvalue weighted by Gasteiger charge is 2.39. The Morgan fingerprint density at radius 3 is 1.22 bits per heavy atom. The molecule has 0 bridgehead atoms. The summed E-state index contributed by atoms with van der Waals surface area (Å²) in [4.78, 5) is 27.5. The summed E-state index contributed by atoms with van der Waals surface area (Å²) in [5.41, 5.74) is 13.9. The molecular weight excluding hydrogens is 572 g/mol. The van der Waals surface area contributed by atoms with Crippen molar-refractivity contribution in [1.29, 1.82) is 0 Å². The van der Waals surface area contributed by atoms with Crippen LogP contribution in [0.4, 0.5) is 0 Å². The number of ether oxygens (including phenoxy) is 2. The molecule has 8 aromatic rings. The van der Waals surface area contributed by atoms with Gasteiger partial charge in [-0.2, -0.15) is 0 Å². The quantitative estimate of drug-likeness (QED) is 0.158. The molecule has 0 radical (unpaired) electrons. The lowest BCUT2D eigenvalue weighted by molar-refractivity contribution is -0.0309. The molecule has 6 heteroatoms. The van der Waals surface area contributed by atoms with Gasteiger partial charge in [0.1, 0.15) is 12.2 Å². The van der Waals surface area contributed by atoms with E-state index in [-0.39, 0.29) is 6.42 Å². The number of nitrogens with two attached hydrogens (primary N) is 2.